The third-order valence-corrected chi connectivity index (χ3v) is 3.01. The molecule has 2 aromatic carbocycles. The van der Waals surface area contributed by atoms with Crippen molar-refractivity contribution >= 4 is 0 Å². The molecule has 0 aliphatic heterocycles. The van der Waals surface area contributed by atoms with Crippen molar-refractivity contribution in [1.82, 2.24) is 0 Å². The van der Waals surface area contributed by atoms with E-state index in [2.05, 4.69) is 55.5 Å². The molecule has 17 heavy (non-hydrogen) atoms. The first-order valence-corrected chi connectivity index (χ1v) is 5.93. The molecule has 2 aromatic rings. The van der Waals surface area contributed by atoms with Gasteiger partial charge in [0, 0.05) is 5.54 Å². The van der Waals surface area contributed by atoms with E-state index in [4.69, 9.17) is 5.73 Å². The first-order valence-electron chi connectivity index (χ1n) is 5.93. The van der Waals surface area contributed by atoms with E-state index in [0.717, 1.165) is 5.56 Å². The molecule has 0 radical (unpaired) electrons. The van der Waals surface area contributed by atoms with Crippen LogP contribution in [0.4, 0.5) is 0 Å². The van der Waals surface area contributed by atoms with E-state index in [1.807, 2.05) is 13.8 Å². The molecule has 1 heteroatoms. The summed E-state index contributed by atoms with van der Waals surface area (Å²) in [6.07, 6.45) is 0. The fourth-order valence-corrected chi connectivity index (χ4v) is 1.84. The zero-order chi connectivity index (χ0) is 12.5. The molecule has 88 valence electrons. The predicted molar refractivity (Wildman–Crippen MR) is 73.8 cm³/mol. The van der Waals surface area contributed by atoms with Gasteiger partial charge in [-0.15, -0.1) is 0 Å². The second kappa shape index (κ2) is 4.34. The average molecular weight is 225 g/mol. The summed E-state index contributed by atoms with van der Waals surface area (Å²) < 4.78 is 0. The van der Waals surface area contributed by atoms with Crippen LogP contribution in [0.1, 0.15) is 25.0 Å². The van der Waals surface area contributed by atoms with Gasteiger partial charge in [0.05, 0.1) is 0 Å². The fraction of sp³-hybridized carbons (Fsp3) is 0.250. The van der Waals surface area contributed by atoms with Crippen molar-refractivity contribution in [3.05, 3.63) is 59.7 Å². The summed E-state index contributed by atoms with van der Waals surface area (Å²) in [6.45, 7) is 6.14. The Kier molecular flexibility index (Phi) is 3.03. The first kappa shape index (κ1) is 11.9. The van der Waals surface area contributed by atoms with Gasteiger partial charge in [-0.05, 0) is 37.5 Å². The Bertz CT molecular complexity index is 487. The predicted octanol–water partition coefficient (Wildman–Crippen LogP) is 3.86. The van der Waals surface area contributed by atoms with E-state index < -0.39 is 0 Å². The van der Waals surface area contributed by atoms with Crippen LogP contribution in [0.3, 0.4) is 0 Å². The molecule has 0 unspecified atom stereocenters. The Morgan fingerprint density at radius 1 is 0.765 bits per heavy atom. The molecule has 0 saturated carbocycles. The minimum atomic E-state index is -0.272. The molecule has 0 atom stereocenters. The molecule has 1 nitrogen and oxygen atoms in total. The third kappa shape index (κ3) is 2.75. The molecule has 0 heterocycles. The Morgan fingerprint density at radius 3 is 1.59 bits per heavy atom. The normalized spacial score (nSPS) is 11.5. The first-order chi connectivity index (χ1) is 7.97. The Labute approximate surface area is 103 Å². The monoisotopic (exact) mass is 225 g/mol. The highest BCUT2D eigenvalue weighted by Crippen LogP contribution is 2.23. The summed E-state index contributed by atoms with van der Waals surface area (Å²) in [6, 6.07) is 17.1. The Balaban J connectivity index is 2.33. The molecular formula is C16H19N. The van der Waals surface area contributed by atoms with Gasteiger partial charge < -0.3 is 5.73 Å². The highest BCUT2D eigenvalue weighted by molar-refractivity contribution is 5.64. The molecule has 0 aliphatic carbocycles. The Morgan fingerprint density at radius 2 is 1.18 bits per heavy atom. The quantitative estimate of drug-likeness (QED) is 0.825. The summed E-state index contributed by atoms with van der Waals surface area (Å²) in [4.78, 5) is 0. The molecule has 2 rings (SSSR count). The molecule has 0 spiro atoms. The van der Waals surface area contributed by atoms with Crippen LogP contribution in [-0.4, -0.2) is 0 Å². The van der Waals surface area contributed by atoms with Gasteiger partial charge in [-0.1, -0.05) is 54.1 Å². The van der Waals surface area contributed by atoms with Gasteiger partial charge in [-0.2, -0.15) is 0 Å². The number of hydrogen-bond acceptors (Lipinski definition) is 1. The van der Waals surface area contributed by atoms with Crippen LogP contribution in [0.25, 0.3) is 11.1 Å². The van der Waals surface area contributed by atoms with Crippen molar-refractivity contribution in [2.45, 2.75) is 26.3 Å². The van der Waals surface area contributed by atoms with Crippen LogP contribution in [0.5, 0.6) is 0 Å². The zero-order valence-electron chi connectivity index (χ0n) is 10.7. The maximum Gasteiger partial charge on any atom is 0.0352 e. The lowest BCUT2D eigenvalue weighted by molar-refractivity contribution is 0.554. The molecule has 0 bridgehead atoms. The number of aryl methyl sites for hydroxylation is 1. The SMILES string of the molecule is Cc1ccc(-c2ccc(C(C)(C)N)cc2)cc1. The standard InChI is InChI=1S/C16H19N/c1-12-4-6-13(7-5-12)14-8-10-15(11-9-14)16(2,3)17/h4-11H,17H2,1-3H3. The minimum absolute atomic E-state index is 0.272. The largest absolute Gasteiger partial charge is 0.322 e. The topological polar surface area (TPSA) is 26.0 Å². The van der Waals surface area contributed by atoms with E-state index >= 15 is 0 Å². The third-order valence-electron chi connectivity index (χ3n) is 3.01. The average Bonchev–Trinajstić information content (AvgIpc) is 2.29. The van der Waals surface area contributed by atoms with E-state index in [0.29, 0.717) is 0 Å². The van der Waals surface area contributed by atoms with Crippen molar-refractivity contribution < 1.29 is 0 Å². The lowest BCUT2D eigenvalue weighted by Crippen LogP contribution is -2.28. The smallest absolute Gasteiger partial charge is 0.0352 e. The number of hydrogen-bond donors (Lipinski definition) is 1. The maximum atomic E-state index is 6.07. The summed E-state index contributed by atoms with van der Waals surface area (Å²) in [7, 11) is 0. The van der Waals surface area contributed by atoms with Crippen LogP contribution in [0.15, 0.2) is 48.5 Å². The van der Waals surface area contributed by atoms with Gasteiger partial charge in [0.25, 0.3) is 0 Å². The highest BCUT2D eigenvalue weighted by Gasteiger charge is 2.13. The fourth-order valence-electron chi connectivity index (χ4n) is 1.84. The summed E-state index contributed by atoms with van der Waals surface area (Å²) in [5.41, 5.74) is 10.7. The summed E-state index contributed by atoms with van der Waals surface area (Å²) in [5.74, 6) is 0. The van der Waals surface area contributed by atoms with Gasteiger partial charge in [0.1, 0.15) is 0 Å². The van der Waals surface area contributed by atoms with Crippen LogP contribution >= 0.6 is 0 Å². The van der Waals surface area contributed by atoms with Gasteiger partial charge >= 0.3 is 0 Å². The lowest BCUT2D eigenvalue weighted by Gasteiger charge is -2.19. The van der Waals surface area contributed by atoms with Crippen molar-refractivity contribution in [2.75, 3.05) is 0 Å². The molecule has 2 N–H and O–H groups in total. The number of nitrogens with two attached hydrogens (primary N) is 1. The van der Waals surface area contributed by atoms with E-state index in [-0.39, 0.29) is 5.54 Å². The minimum Gasteiger partial charge on any atom is -0.322 e. The van der Waals surface area contributed by atoms with Crippen LogP contribution in [0, 0.1) is 6.92 Å². The summed E-state index contributed by atoms with van der Waals surface area (Å²) in [5, 5.41) is 0. The number of rotatable bonds is 2. The van der Waals surface area contributed by atoms with Crippen LogP contribution in [-0.2, 0) is 5.54 Å². The van der Waals surface area contributed by atoms with E-state index in [1.54, 1.807) is 0 Å². The molecule has 0 aromatic heterocycles. The maximum absolute atomic E-state index is 6.07. The van der Waals surface area contributed by atoms with Crippen molar-refractivity contribution in [2.24, 2.45) is 5.73 Å². The van der Waals surface area contributed by atoms with Gasteiger partial charge in [-0.25, -0.2) is 0 Å². The van der Waals surface area contributed by atoms with E-state index in [1.165, 1.54) is 16.7 Å². The van der Waals surface area contributed by atoms with Crippen LogP contribution < -0.4 is 5.73 Å². The van der Waals surface area contributed by atoms with E-state index in [9.17, 15) is 0 Å². The molecular weight excluding hydrogens is 206 g/mol. The van der Waals surface area contributed by atoms with Gasteiger partial charge in [-0.3, -0.25) is 0 Å². The van der Waals surface area contributed by atoms with Crippen LogP contribution in [0.2, 0.25) is 0 Å². The highest BCUT2D eigenvalue weighted by atomic mass is 14.7. The second-order valence-electron chi connectivity index (χ2n) is 5.17. The Hall–Kier alpha value is -1.60. The molecule has 0 amide bonds. The zero-order valence-corrected chi connectivity index (χ0v) is 10.7. The van der Waals surface area contributed by atoms with Gasteiger partial charge in [0.15, 0.2) is 0 Å². The number of benzene rings is 2. The van der Waals surface area contributed by atoms with Gasteiger partial charge in [0.2, 0.25) is 0 Å². The van der Waals surface area contributed by atoms with Crippen molar-refractivity contribution in [3.63, 3.8) is 0 Å². The molecule has 0 saturated heterocycles. The summed E-state index contributed by atoms with van der Waals surface area (Å²) >= 11 is 0. The second-order valence-corrected chi connectivity index (χ2v) is 5.17. The molecule has 0 fully saturated rings. The van der Waals surface area contributed by atoms with Crippen molar-refractivity contribution in [3.8, 4) is 11.1 Å². The van der Waals surface area contributed by atoms with Crippen molar-refractivity contribution in [1.29, 1.82) is 0 Å². The molecule has 0 aliphatic rings. The lowest BCUT2D eigenvalue weighted by atomic mass is 9.93.